The molecule has 0 saturated heterocycles. The first kappa shape index (κ1) is 13.6. The van der Waals surface area contributed by atoms with Gasteiger partial charge in [-0.1, -0.05) is 15.9 Å². The van der Waals surface area contributed by atoms with Crippen molar-refractivity contribution in [1.82, 2.24) is 4.90 Å². The van der Waals surface area contributed by atoms with E-state index in [2.05, 4.69) is 22.0 Å². The number of benzene rings is 1. The van der Waals surface area contributed by atoms with Crippen molar-refractivity contribution in [2.75, 3.05) is 13.6 Å². The molecule has 0 bridgehead atoms. The Balaban J connectivity index is 2.73. The maximum atomic E-state index is 10.6. The molecule has 0 aliphatic rings. The first-order valence-electron chi connectivity index (χ1n) is 5.03. The van der Waals surface area contributed by atoms with Crippen LogP contribution in [0, 0.1) is 21.4 Å². The van der Waals surface area contributed by atoms with Gasteiger partial charge >= 0.3 is 0 Å². The van der Waals surface area contributed by atoms with Crippen molar-refractivity contribution in [2.24, 2.45) is 0 Å². The smallest absolute Gasteiger partial charge is 0.270 e. The van der Waals surface area contributed by atoms with Crippen LogP contribution in [0.2, 0.25) is 0 Å². The zero-order valence-corrected chi connectivity index (χ0v) is 11.0. The Morgan fingerprint density at radius 2 is 2.29 bits per heavy atom. The number of rotatable bonds is 5. The third-order valence-corrected chi connectivity index (χ3v) is 3.03. The predicted molar refractivity (Wildman–Crippen MR) is 67.4 cm³/mol. The molecule has 0 heterocycles. The van der Waals surface area contributed by atoms with E-state index in [9.17, 15) is 10.1 Å². The summed E-state index contributed by atoms with van der Waals surface area (Å²) in [5, 5.41) is 19.0. The fourth-order valence-corrected chi connectivity index (χ4v) is 1.88. The molecular weight excluding hydrogens is 286 g/mol. The molecule has 0 atom stereocenters. The van der Waals surface area contributed by atoms with Gasteiger partial charge < -0.3 is 4.90 Å². The Morgan fingerprint density at radius 1 is 1.59 bits per heavy atom. The monoisotopic (exact) mass is 297 g/mol. The first-order chi connectivity index (χ1) is 8.04. The van der Waals surface area contributed by atoms with E-state index < -0.39 is 4.92 Å². The van der Waals surface area contributed by atoms with Gasteiger partial charge in [-0.15, -0.1) is 0 Å². The highest BCUT2D eigenvalue weighted by Crippen LogP contribution is 2.23. The number of nitriles is 1. The maximum absolute atomic E-state index is 10.6. The summed E-state index contributed by atoms with van der Waals surface area (Å²) in [7, 11) is 1.91. The van der Waals surface area contributed by atoms with Crippen LogP contribution < -0.4 is 0 Å². The van der Waals surface area contributed by atoms with Crippen LogP contribution in [0.15, 0.2) is 22.7 Å². The van der Waals surface area contributed by atoms with Crippen LogP contribution in [0.4, 0.5) is 5.69 Å². The number of nitro benzene ring substituents is 1. The number of halogens is 1. The molecule has 0 aliphatic carbocycles. The highest BCUT2D eigenvalue weighted by atomic mass is 79.9. The highest BCUT2D eigenvalue weighted by molar-refractivity contribution is 9.10. The summed E-state index contributed by atoms with van der Waals surface area (Å²) in [6.07, 6.45) is 0.473. The summed E-state index contributed by atoms with van der Waals surface area (Å²) in [6.45, 7) is 1.33. The molecule has 1 aromatic carbocycles. The van der Waals surface area contributed by atoms with Gasteiger partial charge in [-0.05, 0) is 18.7 Å². The molecular formula is C11H12BrN3O2. The van der Waals surface area contributed by atoms with Crippen LogP contribution in [0.25, 0.3) is 0 Å². The molecule has 0 fully saturated rings. The van der Waals surface area contributed by atoms with Crippen molar-refractivity contribution >= 4 is 21.6 Å². The molecule has 90 valence electrons. The van der Waals surface area contributed by atoms with Gasteiger partial charge in [-0.25, -0.2) is 0 Å². The Bertz CT molecular complexity index is 457. The molecule has 1 rings (SSSR count). The van der Waals surface area contributed by atoms with Crippen molar-refractivity contribution in [1.29, 1.82) is 5.26 Å². The second kappa shape index (κ2) is 6.33. The lowest BCUT2D eigenvalue weighted by molar-refractivity contribution is -0.384. The summed E-state index contributed by atoms with van der Waals surface area (Å²) in [4.78, 5) is 12.1. The van der Waals surface area contributed by atoms with E-state index >= 15 is 0 Å². The average Bonchev–Trinajstić information content (AvgIpc) is 2.28. The molecule has 0 aromatic heterocycles. The van der Waals surface area contributed by atoms with Gasteiger partial charge in [0.2, 0.25) is 0 Å². The molecule has 6 heteroatoms. The Hall–Kier alpha value is -1.45. The van der Waals surface area contributed by atoms with E-state index in [1.807, 2.05) is 11.9 Å². The largest absolute Gasteiger partial charge is 0.301 e. The number of nitro groups is 1. The van der Waals surface area contributed by atoms with E-state index in [1.54, 1.807) is 6.07 Å². The quantitative estimate of drug-likeness (QED) is 0.619. The first-order valence-corrected chi connectivity index (χ1v) is 5.82. The minimum atomic E-state index is -0.423. The SMILES string of the molecule is CN(CCC#N)Cc1ccc([N+](=O)[O-])cc1Br. The molecule has 17 heavy (non-hydrogen) atoms. The number of non-ortho nitro benzene ring substituents is 1. The van der Waals surface area contributed by atoms with Gasteiger partial charge in [0.15, 0.2) is 0 Å². The maximum Gasteiger partial charge on any atom is 0.270 e. The molecule has 0 aliphatic heterocycles. The Morgan fingerprint density at radius 3 is 2.82 bits per heavy atom. The van der Waals surface area contributed by atoms with Gasteiger partial charge in [0.1, 0.15) is 0 Å². The summed E-state index contributed by atoms with van der Waals surface area (Å²) in [6, 6.07) is 6.79. The van der Waals surface area contributed by atoms with Gasteiger partial charge in [0.25, 0.3) is 5.69 Å². The van der Waals surface area contributed by atoms with E-state index in [0.29, 0.717) is 19.5 Å². The normalized spacial score (nSPS) is 10.2. The summed E-state index contributed by atoms with van der Waals surface area (Å²) in [5.74, 6) is 0. The minimum absolute atomic E-state index is 0.0697. The van der Waals surface area contributed by atoms with Crippen LogP contribution in [0.5, 0.6) is 0 Å². The molecule has 0 N–H and O–H groups in total. The van der Waals surface area contributed by atoms with E-state index in [0.717, 1.165) is 10.0 Å². The van der Waals surface area contributed by atoms with Crippen molar-refractivity contribution < 1.29 is 4.92 Å². The van der Waals surface area contributed by atoms with Gasteiger partial charge in [-0.3, -0.25) is 10.1 Å². The van der Waals surface area contributed by atoms with E-state index in [1.165, 1.54) is 12.1 Å². The van der Waals surface area contributed by atoms with Crippen LogP contribution in [0.3, 0.4) is 0 Å². The lowest BCUT2D eigenvalue weighted by Crippen LogP contribution is -2.18. The zero-order valence-electron chi connectivity index (χ0n) is 9.39. The van der Waals surface area contributed by atoms with Gasteiger partial charge in [-0.2, -0.15) is 5.26 Å². The minimum Gasteiger partial charge on any atom is -0.301 e. The molecule has 1 aromatic rings. The van der Waals surface area contributed by atoms with Gasteiger partial charge in [0, 0.05) is 36.1 Å². The lowest BCUT2D eigenvalue weighted by atomic mass is 10.2. The number of nitrogens with zero attached hydrogens (tertiary/aromatic N) is 3. The van der Waals surface area contributed by atoms with Crippen molar-refractivity contribution in [3.8, 4) is 6.07 Å². The second-order valence-electron chi connectivity index (χ2n) is 3.68. The van der Waals surface area contributed by atoms with Crippen LogP contribution in [-0.2, 0) is 6.54 Å². The predicted octanol–water partition coefficient (Wildman–Crippen LogP) is 2.70. The van der Waals surface area contributed by atoms with Gasteiger partial charge in [0.05, 0.1) is 11.0 Å². The van der Waals surface area contributed by atoms with Crippen LogP contribution >= 0.6 is 15.9 Å². The molecule has 0 amide bonds. The fourth-order valence-electron chi connectivity index (χ4n) is 1.39. The summed E-state index contributed by atoms with van der Waals surface area (Å²) < 4.78 is 0.718. The topological polar surface area (TPSA) is 70.2 Å². The van der Waals surface area contributed by atoms with Crippen molar-refractivity contribution in [2.45, 2.75) is 13.0 Å². The zero-order chi connectivity index (χ0) is 12.8. The number of hydrogen-bond acceptors (Lipinski definition) is 4. The summed E-state index contributed by atoms with van der Waals surface area (Å²) >= 11 is 3.32. The Kier molecular flexibility index (Phi) is 5.07. The van der Waals surface area contributed by atoms with E-state index in [4.69, 9.17) is 5.26 Å². The standard InChI is InChI=1S/C11H12BrN3O2/c1-14(6-2-5-13)8-9-3-4-10(15(16)17)7-11(9)12/h3-4,7H,2,6,8H2,1H3. The fraction of sp³-hybridized carbons (Fsp3) is 0.364. The van der Waals surface area contributed by atoms with Crippen LogP contribution in [0.1, 0.15) is 12.0 Å². The number of hydrogen-bond donors (Lipinski definition) is 0. The van der Waals surface area contributed by atoms with Crippen LogP contribution in [-0.4, -0.2) is 23.4 Å². The Labute approximate surface area is 108 Å². The van der Waals surface area contributed by atoms with Crippen molar-refractivity contribution in [3.05, 3.63) is 38.3 Å². The second-order valence-corrected chi connectivity index (χ2v) is 4.53. The molecule has 0 unspecified atom stereocenters. The molecule has 5 nitrogen and oxygen atoms in total. The lowest BCUT2D eigenvalue weighted by Gasteiger charge is -2.15. The van der Waals surface area contributed by atoms with E-state index in [-0.39, 0.29) is 5.69 Å². The molecule has 0 spiro atoms. The van der Waals surface area contributed by atoms with Crippen molar-refractivity contribution in [3.63, 3.8) is 0 Å². The average molecular weight is 298 g/mol. The molecule has 0 saturated carbocycles. The summed E-state index contributed by atoms with van der Waals surface area (Å²) in [5.41, 5.74) is 1.04. The highest BCUT2D eigenvalue weighted by Gasteiger charge is 2.10. The third kappa shape index (κ3) is 4.13. The molecule has 0 radical (unpaired) electrons. The third-order valence-electron chi connectivity index (χ3n) is 2.29.